The molecular weight excluding hydrogens is 198 g/mol. The van der Waals surface area contributed by atoms with Crippen molar-refractivity contribution in [3.05, 3.63) is 0 Å². The minimum absolute atomic E-state index is 0.551. The van der Waals surface area contributed by atoms with Crippen molar-refractivity contribution in [2.24, 2.45) is 11.7 Å². The van der Waals surface area contributed by atoms with Gasteiger partial charge in [0.05, 0.1) is 0 Å². The summed E-state index contributed by atoms with van der Waals surface area (Å²) in [4.78, 5) is 5.14. The molecule has 1 unspecified atom stereocenters. The minimum Gasteiger partial charge on any atom is -0.329 e. The molecule has 1 rings (SSSR count). The molecule has 2 N–H and O–H groups in total. The van der Waals surface area contributed by atoms with E-state index in [1.54, 1.807) is 0 Å². The number of rotatable bonds is 6. The molecule has 0 aromatic heterocycles. The van der Waals surface area contributed by atoms with Gasteiger partial charge < -0.3 is 10.6 Å². The maximum atomic E-state index is 5.71. The smallest absolute Gasteiger partial charge is 0.0191 e. The average Bonchev–Trinajstić information content (AvgIpc) is 2.35. The molecule has 0 bridgehead atoms. The standard InChI is InChI=1S/C13H29N3/c1-4-13(5-2)11-15-6-8-16(9-7-15)12(3)10-14/h12-13H,4-11,14H2,1-3H3. The highest BCUT2D eigenvalue weighted by Gasteiger charge is 2.21. The van der Waals surface area contributed by atoms with Crippen molar-refractivity contribution in [3.63, 3.8) is 0 Å². The molecule has 0 aliphatic carbocycles. The molecule has 0 aromatic rings. The van der Waals surface area contributed by atoms with Gasteiger partial charge in [-0.1, -0.05) is 26.7 Å². The number of hydrogen-bond donors (Lipinski definition) is 1. The summed E-state index contributed by atoms with van der Waals surface area (Å²) in [5, 5.41) is 0. The minimum atomic E-state index is 0.551. The fraction of sp³-hybridized carbons (Fsp3) is 1.00. The molecule has 0 amide bonds. The lowest BCUT2D eigenvalue weighted by atomic mass is 10.0. The second-order valence-corrected chi connectivity index (χ2v) is 5.10. The van der Waals surface area contributed by atoms with Gasteiger partial charge in [0.2, 0.25) is 0 Å². The maximum Gasteiger partial charge on any atom is 0.0191 e. The number of hydrogen-bond acceptors (Lipinski definition) is 3. The Morgan fingerprint density at radius 2 is 1.62 bits per heavy atom. The first-order chi connectivity index (χ1) is 7.71. The van der Waals surface area contributed by atoms with Crippen molar-refractivity contribution in [1.82, 2.24) is 9.80 Å². The summed E-state index contributed by atoms with van der Waals surface area (Å²) in [6.45, 7) is 13.8. The molecule has 0 spiro atoms. The van der Waals surface area contributed by atoms with Crippen LogP contribution in [0.3, 0.4) is 0 Å². The summed E-state index contributed by atoms with van der Waals surface area (Å²) >= 11 is 0. The molecule has 16 heavy (non-hydrogen) atoms. The Bertz CT molecular complexity index is 172. The van der Waals surface area contributed by atoms with Crippen LogP contribution in [-0.2, 0) is 0 Å². The molecule has 0 aromatic carbocycles. The Hall–Kier alpha value is -0.120. The van der Waals surface area contributed by atoms with E-state index in [1.807, 2.05) is 0 Å². The van der Waals surface area contributed by atoms with Crippen molar-refractivity contribution in [3.8, 4) is 0 Å². The topological polar surface area (TPSA) is 32.5 Å². The zero-order chi connectivity index (χ0) is 12.0. The van der Waals surface area contributed by atoms with Crippen LogP contribution in [0.1, 0.15) is 33.6 Å². The van der Waals surface area contributed by atoms with Gasteiger partial charge in [0.25, 0.3) is 0 Å². The highest BCUT2D eigenvalue weighted by molar-refractivity contribution is 4.77. The van der Waals surface area contributed by atoms with E-state index in [4.69, 9.17) is 5.73 Å². The summed E-state index contributed by atoms with van der Waals surface area (Å²) in [7, 11) is 0. The van der Waals surface area contributed by atoms with E-state index in [-0.39, 0.29) is 0 Å². The molecule has 0 radical (unpaired) electrons. The van der Waals surface area contributed by atoms with E-state index in [2.05, 4.69) is 30.6 Å². The van der Waals surface area contributed by atoms with Gasteiger partial charge in [-0.25, -0.2) is 0 Å². The zero-order valence-corrected chi connectivity index (χ0v) is 11.3. The van der Waals surface area contributed by atoms with Crippen LogP contribution in [0.4, 0.5) is 0 Å². The number of nitrogens with zero attached hydrogens (tertiary/aromatic N) is 2. The van der Waals surface area contributed by atoms with Gasteiger partial charge in [-0.3, -0.25) is 4.90 Å². The van der Waals surface area contributed by atoms with E-state index >= 15 is 0 Å². The van der Waals surface area contributed by atoms with Crippen molar-refractivity contribution in [2.45, 2.75) is 39.7 Å². The fourth-order valence-corrected chi connectivity index (χ4v) is 2.45. The van der Waals surface area contributed by atoms with Crippen LogP contribution in [-0.4, -0.2) is 55.1 Å². The van der Waals surface area contributed by atoms with Crippen molar-refractivity contribution < 1.29 is 0 Å². The SMILES string of the molecule is CCC(CC)CN1CCN(C(C)CN)CC1. The molecule has 96 valence electrons. The second kappa shape index (κ2) is 7.25. The largest absolute Gasteiger partial charge is 0.329 e. The third-order valence-electron chi connectivity index (χ3n) is 4.04. The normalized spacial score (nSPS) is 21.6. The zero-order valence-electron chi connectivity index (χ0n) is 11.3. The first-order valence-corrected chi connectivity index (χ1v) is 6.87. The predicted octanol–water partition coefficient (Wildman–Crippen LogP) is 1.39. The van der Waals surface area contributed by atoms with Crippen LogP contribution in [0.5, 0.6) is 0 Å². The number of piperazine rings is 1. The van der Waals surface area contributed by atoms with Crippen LogP contribution in [0.2, 0.25) is 0 Å². The van der Waals surface area contributed by atoms with Gasteiger partial charge in [0, 0.05) is 45.3 Å². The van der Waals surface area contributed by atoms with Crippen molar-refractivity contribution >= 4 is 0 Å². The third kappa shape index (κ3) is 4.04. The summed E-state index contributed by atoms with van der Waals surface area (Å²) in [5.41, 5.74) is 5.71. The molecule has 3 nitrogen and oxygen atoms in total. The van der Waals surface area contributed by atoms with E-state index in [9.17, 15) is 0 Å². The Kier molecular flexibility index (Phi) is 6.32. The van der Waals surface area contributed by atoms with Crippen LogP contribution in [0.15, 0.2) is 0 Å². The number of nitrogens with two attached hydrogens (primary N) is 1. The van der Waals surface area contributed by atoms with Crippen molar-refractivity contribution in [1.29, 1.82) is 0 Å². The van der Waals surface area contributed by atoms with Crippen LogP contribution < -0.4 is 5.73 Å². The maximum absolute atomic E-state index is 5.71. The monoisotopic (exact) mass is 227 g/mol. The van der Waals surface area contributed by atoms with Crippen LogP contribution >= 0.6 is 0 Å². The molecule has 1 saturated heterocycles. The van der Waals surface area contributed by atoms with E-state index < -0.39 is 0 Å². The first kappa shape index (κ1) is 13.9. The molecular formula is C13H29N3. The molecule has 1 atom stereocenters. The Balaban J connectivity index is 2.26. The van der Waals surface area contributed by atoms with E-state index in [1.165, 1.54) is 45.6 Å². The summed E-state index contributed by atoms with van der Waals surface area (Å²) in [6, 6.07) is 0.551. The van der Waals surface area contributed by atoms with Gasteiger partial charge in [-0.15, -0.1) is 0 Å². The highest BCUT2D eigenvalue weighted by atomic mass is 15.3. The Morgan fingerprint density at radius 1 is 1.06 bits per heavy atom. The van der Waals surface area contributed by atoms with E-state index in [0.29, 0.717) is 6.04 Å². The van der Waals surface area contributed by atoms with Gasteiger partial charge >= 0.3 is 0 Å². The first-order valence-electron chi connectivity index (χ1n) is 6.87. The third-order valence-corrected chi connectivity index (χ3v) is 4.04. The predicted molar refractivity (Wildman–Crippen MR) is 70.6 cm³/mol. The lowest BCUT2D eigenvalue weighted by Crippen LogP contribution is -2.52. The lowest BCUT2D eigenvalue weighted by molar-refractivity contribution is 0.0925. The van der Waals surface area contributed by atoms with Gasteiger partial charge in [0.1, 0.15) is 0 Å². The average molecular weight is 227 g/mol. The molecule has 3 heteroatoms. The van der Waals surface area contributed by atoms with Gasteiger partial charge in [-0.2, -0.15) is 0 Å². The summed E-state index contributed by atoms with van der Waals surface area (Å²) in [5.74, 6) is 0.887. The molecule has 1 fully saturated rings. The van der Waals surface area contributed by atoms with Gasteiger partial charge in [0.15, 0.2) is 0 Å². The Labute approximate surface area is 101 Å². The van der Waals surface area contributed by atoms with Crippen LogP contribution in [0.25, 0.3) is 0 Å². The molecule has 0 saturated carbocycles. The summed E-state index contributed by atoms with van der Waals surface area (Å²) < 4.78 is 0. The Morgan fingerprint density at radius 3 is 2.06 bits per heavy atom. The summed E-state index contributed by atoms with van der Waals surface area (Å²) in [6.07, 6.45) is 2.63. The molecule has 1 aliphatic rings. The lowest BCUT2D eigenvalue weighted by Gasteiger charge is -2.38. The van der Waals surface area contributed by atoms with Gasteiger partial charge in [-0.05, 0) is 12.8 Å². The second-order valence-electron chi connectivity index (χ2n) is 5.10. The van der Waals surface area contributed by atoms with Crippen LogP contribution in [0, 0.1) is 5.92 Å². The molecule has 1 heterocycles. The van der Waals surface area contributed by atoms with E-state index in [0.717, 1.165) is 12.5 Å². The van der Waals surface area contributed by atoms with Crippen molar-refractivity contribution in [2.75, 3.05) is 39.3 Å². The fourth-order valence-electron chi connectivity index (χ4n) is 2.45. The highest BCUT2D eigenvalue weighted by Crippen LogP contribution is 2.12. The quantitative estimate of drug-likeness (QED) is 0.744. The molecule has 1 aliphatic heterocycles.